The number of carbonyl (C=O) groups is 1. The fourth-order valence-corrected chi connectivity index (χ4v) is 4.57. The molecule has 0 amide bonds. The second kappa shape index (κ2) is 9.49. The van der Waals surface area contributed by atoms with E-state index in [1.807, 2.05) is 0 Å². The standard InChI is InChI=1S/C16H17FN2O3S.C2HF3O2/c17-13-2-1-3-14(11-13)23(21,22)19-9-6-16(20)15(19)10-12-4-7-18-8-5-12;3-2(4,5)1(6)7/h1-5,7-8,11,15-16,20H,6,9-10H2;(H,6,7)/t15-,16-;/m1./s1. The zero-order valence-electron chi connectivity index (χ0n) is 15.3. The van der Waals surface area contributed by atoms with E-state index >= 15 is 0 Å². The third-order valence-corrected chi connectivity index (χ3v) is 6.22. The molecule has 2 N–H and O–H groups in total. The van der Waals surface area contributed by atoms with Gasteiger partial charge in [0.05, 0.1) is 17.0 Å². The Morgan fingerprint density at radius 2 is 1.80 bits per heavy atom. The summed E-state index contributed by atoms with van der Waals surface area (Å²) in [5.41, 5.74) is 0.894. The van der Waals surface area contributed by atoms with Crippen molar-refractivity contribution in [2.24, 2.45) is 0 Å². The molecule has 3 rings (SSSR count). The maximum Gasteiger partial charge on any atom is 0.490 e. The van der Waals surface area contributed by atoms with E-state index in [4.69, 9.17) is 9.90 Å². The fourth-order valence-electron chi connectivity index (χ4n) is 2.87. The van der Waals surface area contributed by atoms with Crippen molar-refractivity contribution in [1.82, 2.24) is 9.29 Å². The molecule has 1 aromatic carbocycles. The largest absolute Gasteiger partial charge is 0.490 e. The van der Waals surface area contributed by atoms with Gasteiger partial charge in [0.15, 0.2) is 0 Å². The van der Waals surface area contributed by atoms with E-state index in [-0.39, 0.29) is 11.4 Å². The number of nitrogens with zero attached hydrogens (tertiary/aromatic N) is 2. The molecule has 0 aliphatic carbocycles. The Bertz CT molecular complexity index is 970. The maximum atomic E-state index is 13.4. The number of carboxylic acid groups (broad SMARTS) is 1. The highest BCUT2D eigenvalue weighted by Crippen LogP contribution is 2.28. The number of aliphatic hydroxyl groups is 1. The first-order valence-corrected chi connectivity index (χ1v) is 10.0. The molecule has 0 unspecified atom stereocenters. The van der Waals surface area contributed by atoms with Crippen molar-refractivity contribution >= 4 is 16.0 Å². The van der Waals surface area contributed by atoms with Crippen LogP contribution in [-0.4, -0.2) is 58.8 Å². The van der Waals surface area contributed by atoms with Gasteiger partial charge >= 0.3 is 12.1 Å². The van der Waals surface area contributed by atoms with Gasteiger partial charge in [-0.1, -0.05) is 6.07 Å². The van der Waals surface area contributed by atoms with Gasteiger partial charge in [0.1, 0.15) is 5.82 Å². The highest BCUT2D eigenvalue weighted by Gasteiger charge is 2.41. The SMILES string of the molecule is O=C(O)C(F)(F)F.O=S(=O)(c1cccc(F)c1)N1CC[C@@H](O)[C@H]1Cc1ccncc1. The Kier molecular flexibility index (Phi) is 7.50. The van der Waals surface area contributed by atoms with E-state index < -0.39 is 40.1 Å². The van der Waals surface area contributed by atoms with E-state index in [0.29, 0.717) is 12.8 Å². The predicted molar refractivity (Wildman–Crippen MR) is 96.3 cm³/mol. The first-order chi connectivity index (χ1) is 13.9. The Balaban J connectivity index is 0.000000396. The van der Waals surface area contributed by atoms with Gasteiger partial charge in [0.25, 0.3) is 0 Å². The number of hydrogen-bond donors (Lipinski definition) is 2. The minimum absolute atomic E-state index is 0.0914. The van der Waals surface area contributed by atoms with Gasteiger partial charge in [-0.15, -0.1) is 0 Å². The number of pyridine rings is 1. The van der Waals surface area contributed by atoms with Crippen LogP contribution in [0.1, 0.15) is 12.0 Å². The van der Waals surface area contributed by atoms with Crippen LogP contribution in [-0.2, 0) is 21.2 Å². The molecule has 0 saturated carbocycles. The molecular formula is C18H18F4N2O5S. The quantitative estimate of drug-likeness (QED) is 0.692. The average molecular weight is 450 g/mol. The van der Waals surface area contributed by atoms with Crippen LogP contribution >= 0.6 is 0 Å². The average Bonchev–Trinajstić information content (AvgIpc) is 3.03. The predicted octanol–water partition coefficient (Wildman–Crippen LogP) is 2.22. The summed E-state index contributed by atoms with van der Waals surface area (Å²) in [6.45, 7) is 0.218. The van der Waals surface area contributed by atoms with Crippen molar-refractivity contribution < 1.29 is 41.0 Å². The van der Waals surface area contributed by atoms with Gasteiger partial charge in [0.2, 0.25) is 10.0 Å². The number of aromatic nitrogens is 1. The lowest BCUT2D eigenvalue weighted by Gasteiger charge is -2.25. The van der Waals surface area contributed by atoms with E-state index in [2.05, 4.69) is 4.98 Å². The van der Waals surface area contributed by atoms with Gasteiger partial charge in [-0.05, 0) is 48.7 Å². The van der Waals surface area contributed by atoms with Gasteiger partial charge < -0.3 is 10.2 Å². The van der Waals surface area contributed by atoms with Crippen LogP contribution in [0.25, 0.3) is 0 Å². The summed E-state index contributed by atoms with van der Waals surface area (Å²) in [4.78, 5) is 12.7. The Morgan fingerprint density at radius 3 is 2.33 bits per heavy atom. The lowest BCUT2D eigenvalue weighted by atomic mass is 10.0. The molecule has 1 aliphatic rings. The number of benzene rings is 1. The normalized spacial score (nSPS) is 19.8. The molecule has 1 saturated heterocycles. The van der Waals surface area contributed by atoms with Gasteiger partial charge in [-0.2, -0.15) is 17.5 Å². The summed E-state index contributed by atoms with van der Waals surface area (Å²) >= 11 is 0. The molecule has 1 aromatic heterocycles. The van der Waals surface area contributed by atoms with Crippen molar-refractivity contribution in [2.75, 3.05) is 6.54 Å². The second-order valence-corrected chi connectivity index (χ2v) is 8.25. The number of carboxylic acids is 1. The third-order valence-electron chi connectivity index (χ3n) is 4.30. The highest BCUT2D eigenvalue weighted by atomic mass is 32.2. The molecule has 2 aromatic rings. The molecule has 0 radical (unpaired) electrons. The summed E-state index contributed by atoms with van der Waals surface area (Å²) in [5.74, 6) is -3.36. The van der Waals surface area contributed by atoms with E-state index in [1.54, 1.807) is 24.5 Å². The molecule has 12 heteroatoms. The third kappa shape index (κ3) is 5.97. The first kappa shape index (κ1) is 23.7. The van der Waals surface area contributed by atoms with Crippen LogP contribution < -0.4 is 0 Å². The van der Waals surface area contributed by atoms with Crippen molar-refractivity contribution in [3.63, 3.8) is 0 Å². The molecule has 164 valence electrons. The number of aliphatic hydroxyl groups excluding tert-OH is 1. The molecule has 2 heterocycles. The molecule has 1 fully saturated rings. The summed E-state index contributed by atoms with van der Waals surface area (Å²) in [5, 5.41) is 17.3. The van der Waals surface area contributed by atoms with Crippen LogP contribution in [0.5, 0.6) is 0 Å². The Labute approximate surface area is 169 Å². The topological polar surface area (TPSA) is 108 Å². The lowest BCUT2D eigenvalue weighted by molar-refractivity contribution is -0.192. The molecule has 0 spiro atoms. The van der Waals surface area contributed by atoms with Crippen LogP contribution in [0.4, 0.5) is 17.6 Å². The number of alkyl halides is 3. The Hall–Kier alpha value is -2.57. The van der Waals surface area contributed by atoms with Crippen molar-refractivity contribution in [1.29, 1.82) is 0 Å². The zero-order valence-corrected chi connectivity index (χ0v) is 16.1. The smallest absolute Gasteiger partial charge is 0.475 e. The van der Waals surface area contributed by atoms with Crippen LogP contribution in [0, 0.1) is 5.82 Å². The molecule has 30 heavy (non-hydrogen) atoms. The molecule has 1 aliphatic heterocycles. The second-order valence-electron chi connectivity index (χ2n) is 6.36. The van der Waals surface area contributed by atoms with Crippen molar-refractivity contribution in [3.05, 3.63) is 60.2 Å². The summed E-state index contributed by atoms with van der Waals surface area (Å²) in [7, 11) is -3.85. The first-order valence-electron chi connectivity index (χ1n) is 8.57. The monoisotopic (exact) mass is 450 g/mol. The van der Waals surface area contributed by atoms with Gasteiger partial charge in [-0.3, -0.25) is 4.98 Å². The van der Waals surface area contributed by atoms with Gasteiger partial charge in [-0.25, -0.2) is 17.6 Å². The zero-order chi connectivity index (χ0) is 22.5. The number of rotatable bonds is 4. The van der Waals surface area contributed by atoms with Crippen LogP contribution in [0.15, 0.2) is 53.7 Å². The number of hydrogen-bond acceptors (Lipinski definition) is 5. The number of halogens is 4. The van der Waals surface area contributed by atoms with E-state index in [1.165, 1.54) is 22.5 Å². The van der Waals surface area contributed by atoms with E-state index in [9.17, 15) is 31.1 Å². The minimum Gasteiger partial charge on any atom is -0.475 e. The summed E-state index contributed by atoms with van der Waals surface area (Å²) < 4.78 is 71.9. The lowest BCUT2D eigenvalue weighted by Crippen LogP contribution is -2.41. The van der Waals surface area contributed by atoms with Gasteiger partial charge in [0, 0.05) is 18.9 Å². The summed E-state index contributed by atoms with van der Waals surface area (Å²) in [6.07, 6.45) is -1.82. The van der Waals surface area contributed by atoms with Crippen molar-refractivity contribution in [2.45, 2.75) is 36.1 Å². The minimum atomic E-state index is -5.08. The molecule has 0 bridgehead atoms. The molecule has 2 atom stereocenters. The van der Waals surface area contributed by atoms with Crippen LogP contribution in [0.2, 0.25) is 0 Å². The highest BCUT2D eigenvalue weighted by molar-refractivity contribution is 7.89. The molecular weight excluding hydrogens is 432 g/mol. The Morgan fingerprint density at radius 1 is 1.20 bits per heavy atom. The molecule has 7 nitrogen and oxygen atoms in total. The van der Waals surface area contributed by atoms with Crippen LogP contribution in [0.3, 0.4) is 0 Å². The summed E-state index contributed by atoms with van der Waals surface area (Å²) in [6, 6.07) is 7.95. The number of sulfonamides is 1. The van der Waals surface area contributed by atoms with E-state index in [0.717, 1.165) is 11.6 Å². The van der Waals surface area contributed by atoms with Crippen molar-refractivity contribution in [3.8, 4) is 0 Å². The number of aliphatic carboxylic acids is 1. The maximum absolute atomic E-state index is 13.4. The fraction of sp³-hybridized carbons (Fsp3) is 0.333.